The lowest BCUT2D eigenvalue weighted by atomic mass is 10.5. The summed E-state index contributed by atoms with van der Waals surface area (Å²) in [5.41, 5.74) is 0. The molecule has 2 heterocycles. The molecule has 0 aliphatic carbocycles. The Morgan fingerprint density at radius 1 is 0.600 bits per heavy atom. The fourth-order valence-electron chi connectivity index (χ4n) is 2.57. The van der Waals surface area contributed by atoms with E-state index in [9.17, 15) is 0 Å². The van der Waals surface area contributed by atoms with Gasteiger partial charge in [-0.3, -0.25) is 0 Å². The molecule has 0 spiro atoms. The van der Waals surface area contributed by atoms with Crippen LogP contribution in [0.5, 0.6) is 0 Å². The molecule has 0 unspecified atom stereocenters. The van der Waals surface area contributed by atoms with E-state index in [2.05, 4.69) is 97.1 Å². The van der Waals surface area contributed by atoms with Crippen LogP contribution in [0.3, 0.4) is 0 Å². The third-order valence-electron chi connectivity index (χ3n) is 3.65. The Kier molecular flexibility index (Phi) is 3.58. The Labute approximate surface area is 125 Å². The molecule has 20 heavy (non-hydrogen) atoms. The Morgan fingerprint density at radius 3 is 1.15 bits per heavy atom. The van der Waals surface area contributed by atoms with Gasteiger partial charge in [0.15, 0.2) is 16.5 Å². The van der Waals surface area contributed by atoms with Crippen molar-refractivity contribution >= 4 is 16.5 Å². The van der Waals surface area contributed by atoms with Crippen molar-refractivity contribution in [2.75, 3.05) is 14.1 Å². The van der Waals surface area contributed by atoms with Gasteiger partial charge in [0.25, 0.3) is 0 Å². The van der Waals surface area contributed by atoms with E-state index in [1.807, 2.05) is 0 Å². The molecule has 112 valence electrons. The first kappa shape index (κ1) is 15.2. The van der Waals surface area contributed by atoms with Crippen molar-refractivity contribution in [1.29, 1.82) is 0 Å². The molecule has 2 aliphatic heterocycles. The van der Waals surface area contributed by atoms with Crippen LogP contribution in [-0.4, -0.2) is 49.5 Å². The first-order valence-corrected chi connectivity index (χ1v) is 14.1. The first-order chi connectivity index (χ1) is 9.03. The van der Waals surface area contributed by atoms with Gasteiger partial charge in [-0.05, 0) is 0 Å². The average molecular weight is 309 g/mol. The van der Waals surface area contributed by atoms with Gasteiger partial charge in [-0.1, -0.05) is 39.3 Å². The van der Waals surface area contributed by atoms with Gasteiger partial charge in [-0.25, -0.2) is 0 Å². The molecular weight excluding hydrogens is 280 g/mol. The summed E-state index contributed by atoms with van der Waals surface area (Å²) in [7, 11) is 1.43. The van der Waals surface area contributed by atoms with Crippen LogP contribution in [0.2, 0.25) is 39.3 Å². The molecule has 0 saturated heterocycles. The first-order valence-electron chi connectivity index (χ1n) is 7.19. The van der Waals surface area contributed by atoms with Crippen molar-refractivity contribution in [3.8, 4) is 0 Å². The molecule has 2 rings (SSSR count). The number of hydrogen-bond donors (Lipinski definition) is 0. The minimum absolute atomic E-state index is 1.32. The maximum atomic E-state index is 2.50. The van der Waals surface area contributed by atoms with E-state index in [-0.39, 0.29) is 0 Å². The molecule has 4 nitrogen and oxygen atoms in total. The normalized spacial score (nSPS) is 23.6. The van der Waals surface area contributed by atoms with E-state index in [4.69, 9.17) is 0 Å². The highest BCUT2D eigenvalue weighted by atomic mass is 28.3. The van der Waals surface area contributed by atoms with E-state index < -0.39 is 16.5 Å². The van der Waals surface area contributed by atoms with Crippen molar-refractivity contribution < 1.29 is 0 Å². The molecule has 0 amide bonds. The van der Waals surface area contributed by atoms with Crippen molar-refractivity contribution in [3.63, 3.8) is 0 Å². The monoisotopic (exact) mass is 308 g/mol. The van der Waals surface area contributed by atoms with Crippen LogP contribution in [0.1, 0.15) is 0 Å². The minimum atomic E-state index is -1.43. The summed E-state index contributed by atoms with van der Waals surface area (Å²) in [5.74, 6) is 2.64. The second-order valence-corrected chi connectivity index (χ2v) is 17.2. The fourth-order valence-corrected chi connectivity index (χ4v) is 5.38. The smallest absolute Gasteiger partial charge is 0.154 e. The lowest BCUT2D eigenvalue weighted by molar-refractivity contribution is 0.400. The zero-order chi connectivity index (χ0) is 15.3. The van der Waals surface area contributed by atoms with Gasteiger partial charge in [0.1, 0.15) is 11.6 Å². The van der Waals surface area contributed by atoms with E-state index in [0.29, 0.717) is 0 Å². The van der Waals surface area contributed by atoms with E-state index in [1.54, 1.807) is 0 Å². The van der Waals surface area contributed by atoms with Gasteiger partial charge < -0.3 is 18.9 Å². The number of nitrogens with zero attached hydrogens (tertiary/aromatic N) is 4. The fraction of sp³-hybridized carbons (Fsp3) is 0.571. The van der Waals surface area contributed by atoms with Crippen molar-refractivity contribution in [3.05, 3.63) is 36.4 Å². The molecular formula is C14H28N4Si2. The summed E-state index contributed by atoms with van der Waals surface area (Å²) in [5, 5.41) is 0. The lowest BCUT2D eigenvalue weighted by Crippen LogP contribution is -2.48. The summed E-state index contributed by atoms with van der Waals surface area (Å²) >= 11 is 0. The number of rotatable bonds is 2. The van der Waals surface area contributed by atoms with Gasteiger partial charge in [0.05, 0.1) is 0 Å². The van der Waals surface area contributed by atoms with Crippen LogP contribution in [0, 0.1) is 0 Å². The van der Waals surface area contributed by atoms with Gasteiger partial charge >= 0.3 is 0 Å². The molecule has 0 aromatic rings. The Morgan fingerprint density at radius 2 is 0.900 bits per heavy atom. The third-order valence-corrected chi connectivity index (χ3v) is 7.26. The Bertz CT molecular complexity index is 438. The highest BCUT2D eigenvalue weighted by Gasteiger charge is 2.38. The largest absolute Gasteiger partial charge is 0.358 e. The Hall–Kier alpha value is -1.15. The summed E-state index contributed by atoms with van der Waals surface area (Å²) < 4.78 is 5.00. The lowest BCUT2D eigenvalue weighted by Gasteiger charge is -2.40. The summed E-state index contributed by atoms with van der Waals surface area (Å²) in [6, 6.07) is 0. The molecule has 0 bridgehead atoms. The molecule has 6 heteroatoms. The van der Waals surface area contributed by atoms with E-state index in [0.717, 1.165) is 0 Å². The van der Waals surface area contributed by atoms with Crippen LogP contribution in [-0.2, 0) is 0 Å². The predicted octanol–water partition coefficient (Wildman–Crippen LogP) is 3.22. The molecule has 2 aliphatic rings. The van der Waals surface area contributed by atoms with Crippen LogP contribution >= 0.6 is 0 Å². The van der Waals surface area contributed by atoms with Crippen LogP contribution < -0.4 is 0 Å². The molecule has 0 radical (unpaired) electrons. The highest BCUT2D eigenvalue weighted by Crippen LogP contribution is 2.34. The van der Waals surface area contributed by atoms with Gasteiger partial charge in [-0.2, -0.15) is 0 Å². The molecule has 0 atom stereocenters. The van der Waals surface area contributed by atoms with Crippen molar-refractivity contribution in [1.82, 2.24) is 18.9 Å². The maximum absolute atomic E-state index is 2.50. The predicted molar refractivity (Wildman–Crippen MR) is 91.2 cm³/mol. The second-order valence-electron chi connectivity index (χ2n) is 7.55. The maximum Gasteiger partial charge on any atom is 0.154 e. The topological polar surface area (TPSA) is 13.0 Å². The number of hydrogen-bond acceptors (Lipinski definition) is 4. The SMILES string of the molecule is CN1C=CN([Si](C)(C)C)/C1=C1\N(C)C=CN1[Si](C)(C)C. The highest BCUT2D eigenvalue weighted by molar-refractivity contribution is 6.74. The van der Waals surface area contributed by atoms with Gasteiger partial charge in [0.2, 0.25) is 0 Å². The standard InChI is InChI=1S/C14H28N4Si2/c1-15-9-11-17(19(3,4)5)13(15)14-16(2)10-12-18(14)20(6,7)8/h9-12H,1-8H3/b14-13+. The van der Waals surface area contributed by atoms with Crippen LogP contribution in [0.4, 0.5) is 0 Å². The minimum Gasteiger partial charge on any atom is -0.358 e. The summed E-state index contributed by atoms with van der Waals surface area (Å²) in [6.45, 7) is 14.3. The average Bonchev–Trinajstić information content (AvgIpc) is 2.79. The molecule has 0 fully saturated rings. The van der Waals surface area contributed by atoms with E-state index >= 15 is 0 Å². The van der Waals surface area contributed by atoms with Crippen LogP contribution in [0.15, 0.2) is 36.4 Å². The quantitative estimate of drug-likeness (QED) is 0.726. The van der Waals surface area contributed by atoms with E-state index in [1.165, 1.54) is 11.6 Å². The van der Waals surface area contributed by atoms with Crippen LogP contribution in [0.25, 0.3) is 0 Å². The summed E-state index contributed by atoms with van der Waals surface area (Å²) in [4.78, 5) is 4.51. The molecule has 0 aromatic carbocycles. The van der Waals surface area contributed by atoms with Gasteiger partial charge in [-0.15, -0.1) is 0 Å². The molecule has 0 aromatic heterocycles. The van der Waals surface area contributed by atoms with Gasteiger partial charge in [0, 0.05) is 38.9 Å². The molecule has 0 saturated carbocycles. The van der Waals surface area contributed by atoms with Crippen molar-refractivity contribution in [2.24, 2.45) is 0 Å². The third kappa shape index (κ3) is 2.54. The zero-order valence-electron chi connectivity index (χ0n) is 14.1. The zero-order valence-corrected chi connectivity index (χ0v) is 16.1. The second kappa shape index (κ2) is 4.70. The van der Waals surface area contributed by atoms with Crippen molar-refractivity contribution in [2.45, 2.75) is 39.3 Å². The molecule has 0 N–H and O–H groups in total. The summed E-state index contributed by atoms with van der Waals surface area (Å²) in [6.07, 6.45) is 8.83. The Balaban J connectivity index is 2.53.